The molecule has 0 bridgehead atoms. The van der Waals surface area contributed by atoms with Crippen molar-refractivity contribution in [3.63, 3.8) is 0 Å². The fourth-order valence-electron chi connectivity index (χ4n) is 2.81. The lowest BCUT2D eigenvalue weighted by Gasteiger charge is -2.23. The number of hydrogen-bond acceptors (Lipinski definition) is 6. The van der Waals surface area contributed by atoms with Gasteiger partial charge in [0.15, 0.2) is 11.5 Å². The highest BCUT2D eigenvalue weighted by Crippen LogP contribution is 2.35. The van der Waals surface area contributed by atoms with Gasteiger partial charge in [0.05, 0.1) is 12.7 Å². The number of nitrogens with zero attached hydrogens (tertiary/aromatic N) is 5. The first-order valence-electron chi connectivity index (χ1n) is 7.20. The normalized spacial score (nSPS) is 23.1. The van der Waals surface area contributed by atoms with Crippen LogP contribution in [0.15, 0.2) is 10.7 Å². The predicted molar refractivity (Wildman–Crippen MR) is 72.7 cm³/mol. The van der Waals surface area contributed by atoms with Crippen molar-refractivity contribution in [3.05, 3.63) is 12.0 Å². The first-order valence-corrected chi connectivity index (χ1v) is 7.20. The van der Waals surface area contributed by atoms with E-state index in [1.165, 1.54) is 12.8 Å². The highest BCUT2D eigenvalue weighted by atomic mass is 16.5. The third-order valence-electron chi connectivity index (χ3n) is 3.86. The summed E-state index contributed by atoms with van der Waals surface area (Å²) >= 11 is 0. The smallest absolute Gasteiger partial charge is 0.280 e. The van der Waals surface area contributed by atoms with E-state index in [0.29, 0.717) is 30.6 Å². The van der Waals surface area contributed by atoms with Crippen LogP contribution in [0.4, 0.5) is 0 Å². The Kier molecular flexibility index (Phi) is 3.77. The Bertz CT molecular complexity index is 563. The van der Waals surface area contributed by atoms with Crippen molar-refractivity contribution in [2.75, 3.05) is 6.54 Å². The molecule has 3 rings (SSSR count). The number of hydrogen-bond donors (Lipinski definition) is 1. The van der Waals surface area contributed by atoms with Gasteiger partial charge in [0, 0.05) is 12.5 Å². The van der Waals surface area contributed by atoms with Gasteiger partial charge in [-0.2, -0.15) is 4.98 Å². The molecule has 1 aliphatic carbocycles. The molecule has 20 heavy (non-hydrogen) atoms. The maximum Gasteiger partial charge on any atom is 0.280 e. The molecule has 7 heteroatoms. The van der Waals surface area contributed by atoms with Crippen LogP contribution in [-0.2, 0) is 6.54 Å². The van der Waals surface area contributed by atoms with E-state index < -0.39 is 0 Å². The molecule has 108 valence electrons. The third-order valence-corrected chi connectivity index (χ3v) is 3.86. The zero-order chi connectivity index (χ0) is 13.9. The number of rotatable bonds is 4. The summed E-state index contributed by atoms with van der Waals surface area (Å²) in [6.45, 7) is 3.44. The van der Waals surface area contributed by atoms with Gasteiger partial charge in [-0.05, 0) is 18.8 Å². The van der Waals surface area contributed by atoms with Gasteiger partial charge >= 0.3 is 0 Å². The summed E-state index contributed by atoms with van der Waals surface area (Å²) in [6, 6.07) is 0. The van der Waals surface area contributed by atoms with Gasteiger partial charge in [0.1, 0.15) is 0 Å². The summed E-state index contributed by atoms with van der Waals surface area (Å²) < 4.78 is 7.00. The molecular formula is C13H20N6O. The Hall–Kier alpha value is -1.76. The van der Waals surface area contributed by atoms with E-state index in [1.807, 2.05) is 0 Å². The number of aromatic nitrogens is 5. The van der Waals surface area contributed by atoms with Crippen molar-refractivity contribution in [1.29, 1.82) is 0 Å². The van der Waals surface area contributed by atoms with E-state index >= 15 is 0 Å². The summed E-state index contributed by atoms with van der Waals surface area (Å²) in [6.07, 6.45) is 6.60. The topological polar surface area (TPSA) is 95.7 Å². The van der Waals surface area contributed by atoms with Crippen LogP contribution in [0.25, 0.3) is 11.6 Å². The molecule has 7 nitrogen and oxygen atoms in total. The zero-order valence-corrected chi connectivity index (χ0v) is 11.7. The van der Waals surface area contributed by atoms with Crippen LogP contribution in [0, 0.1) is 5.92 Å². The van der Waals surface area contributed by atoms with Gasteiger partial charge in [-0.25, -0.2) is 0 Å². The first-order chi connectivity index (χ1) is 9.76. The molecule has 1 saturated carbocycles. The molecule has 2 aromatic rings. The molecule has 0 amide bonds. The Labute approximate surface area is 117 Å². The minimum Gasteiger partial charge on any atom is -0.332 e. The quantitative estimate of drug-likeness (QED) is 0.910. The van der Waals surface area contributed by atoms with Crippen LogP contribution in [0.1, 0.15) is 44.3 Å². The molecule has 0 spiro atoms. The molecule has 2 unspecified atom stereocenters. The lowest BCUT2D eigenvalue weighted by molar-refractivity contribution is 0.324. The van der Waals surface area contributed by atoms with Crippen molar-refractivity contribution in [3.8, 4) is 11.6 Å². The van der Waals surface area contributed by atoms with Crippen LogP contribution in [-0.4, -0.2) is 31.7 Å². The third kappa shape index (κ3) is 2.72. The molecule has 0 saturated heterocycles. The average Bonchev–Trinajstić information content (AvgIpc) is 3.07. The lowest BCUT2D eigenvalue weighted by atomic mass is 9.82. The fraction of sp³-hybridized carbons (Fsp3) is 0.692. The van der Waals surface area contributed by atoms with E-state index in [-0.39, 0.29) is 0 Å². The zero-order valence-electron chi connectivity index (χ0n) is 11.7. The van der Waals surface area contributed by atoms with Gasteiger partial charge in [0.25, 0.3) is 5.89 Å². The van der Waals surface area contributed by atoms with E-state index in [0.717, 1.165) is 24.6 Å². The van der Waals surface area contributed by atoms with Gasteiger partial charge in [-0.1, -0.05) is 30.1 Å². The van der Waals surface area contributed by atoms with Gasteiger partial charge in [-0.3, -0.25) is 4.68 Å². The monoisotopic (exact) mass is 276 g/mol. The molecule has 2 aromatic heterocycles. The van der Waals surface area contributed by atoms with Crippen molar-refractivity contribution in [1.82, 2.24) is 25.1 Å². The predicted octanol–water partition coefficient (Wildman–Crippen LogP) is 1.58. The molecular weight excluding hydrogens is 256 g/mol. The van der Waals surface area contributed by atoms with Crippen molar-refractivity contribution >= 4 is 0 Å². The first kappa shape index (κ1) is 13.2. The van der Waals surface area contributed by atoms with Crippen LogP contribution in [0.2, 0.25) is 0 Å². The largest absolute Gasteiger partial charge is 0.332 e. The Balaban J connectivity index is 1.75. The summed E-state index contributed by atoms with van der Waals surface area (Å²) in [5.74, 6) is 2.40. The Morgan fingerprint density at radius 2 is 2.35 bits per heavy atom. The van der Waals surface area contributed by atoms with Gasteiger partial charge in [0.2, 0.25) is 0 Å². The highest BCUT2D eigenvalue weighted by Gasteiger charge is 2.25. The molecule has 0 radical (unpaired) electrons. The summed E-state index contributed by atoms with van der Waals surface area (Å²) in [7, 11) is 0. The minimum atomic E-state index is 0.412. The Morgan fingerprint density at radius 3 is 3.15 bits per heavy atom. The second-order valence-corrected chi connectivity index (χ2v) is 5.58. The van der Waals surface area contributed by atoms with Crippen molar-refractivity contribution in [2.24, 2.45) is 11.7 Å². The highest BCUT2D eigenvalue weighted by molar-refractivity contribution is 5.43. The van der Waals surface area contributed by atoms with Crippen molar-refractivity contribution < 1.29 is 4.52 Å². The van der Waals surface area contributed by atoms with Crippen LogP contribution in [0.3, 0.4) is 0 Å². The fourth-order valence-corrected chi connectivity index (χ4v) is 2.81. The molecule has 2 atom stereocenters. The minimum absolute atomic E-state index is 0.412. The van der Waals surface area contributed by atoms with Crippen LogP contribution >= 0.6 is 0 Å². The lowest BCUT2D eigenvalue weighted by Crippen LogP contribution is -2.12. The van der Waals surface area contributed by atoms with Crippen LogP contribution in [0.5, 0.6) is 0 Å². The summed E-state index contributed by atoms with van der Waals surface area (Å²) in [5.41, 5.74) is 6.10. The van der Waals surface area contributed by atoms with E-state index in [2.05, 4.69) is 27.4 Å². The van der Waals surface area contributed by atoms with Gasteiger partial charge in [-0.15, -0.1) is 5.10 Å². The standard InChI is InChI=1S/C13H20N6O/c1-9-3-2-4-10(7-9)12-15-13(20-17-12)11-8-19(6-5-14)18-16-11/h8-10H,2-7,14H2,1H3. The average molecular weight is 276 g/mol. The van der Waals surface area contributed by atoms with Crippen molar-refractivity contribution in [2.45, 2.75) is 45.1 Å². The molecule has 1 aliphatic rings. The van der Waals surface area contributed by atoms with Crippen LogP contribution < -0.4 is 5.73 Å². The molecule has 0 aromatic carbocycles. The Morgan fingerprint density at radius 1 is 1.45 bits per heavy atom. The maximum absolute atomic E-state index is 5.48. The molecule has 0 aliphatic heterocycles. The van der Waals surface area contributed by atoms with Gasteiger partial charge < -0.3 is 10.3 Å². The second kappa shape index (κ2) is 5.70. The van der Waals surface area contributed by atoms with E-state index in [9.17, 15) is 0 Å². The molecule has 2 heterocycles. The maximum atomic E-state index is 5.48. The summed E-state index contributed by atoms with van der Waals surface area (Å²) in [5, 5.41) is 12.1. The molecule has 2 N–H and O–H groups in total. The molecule has 1 fully saturated rings. The SMILES string of the molecule is CC1CCCC(c2noc(-c3cn(CCN)nn3)n2)C1. The summed E-state index contributed by atoms with van der Waals surface area (Å²) in [4.78, 5) is 4.49. The number of nitrogens with two attached hydrogens (primary N) is 1. The van der Waals surface area contributed by atoms with E-state index in [4.69, 9.17) is 10.3 Å². The van der Waals surface area contributed by atoms with E-state index in [1.54, 1.807) is 10.9 Å². The second-order valence-electron chi connectivity index (χ2n) is 5.58.